The molecule has 0 bridgehead atoms. The highest BCUT2D eigenvalue weighted by Gasteiger charge is 2.19. The minimum absolute atomic E-state index is 0.0806. The predicted octanol–water partition coefficient (Wildman–Crippen LogP) is 1.39. The second-order valence-electron chi connectivity index (χ2n) is 4.60. The Kier molecular flexibility index (Phi) is 5.92. The lowest BCUT2D eigenvalue weighted by molar-refractivity contribution is -0.116. The molecule has 0 aromatic heterocycles. The van der Waals surface area contributed by atoms with Crippen molar-refractivity contribution in [1.82, 2.24) is 4.31 Å². The number of carbonyl (C=O) groups is 1. The normalized spacial score (nSPS) is 11.2. The molecule has 7 heteroatoms. The zero-order valence-corrected chi connectivity index (χ0v) is 13.2. The van der Waals surface area contributed by atoms with Crippen LogP contribution in [0.25, 0.3) is 0 Å². The summed E-state index contributed by atoms with van der Waals surface area (Å²) in [6.45, 7) is 5.18. The lowest BCUT2D eigenvalue weighted by Crippen LogP contribution is -2.37. The van der Waals surface area contributed by atoms with Gasteiger partial charge in [-0.1, -0.05) is 12.1 Å². The fourth-order valence-corrected chi connectivity index (χ4v) is 2.46. The van der Waals surface area contributed by atoms with E-state index in [9.17, 15) is 13.2 Å². The zero-order chi connectivity index (χ0) is 16.0. The van der Waals surface area contributed by atoms with E-state index in [4.69, 9.17) is 4.74 Å². The number of sulfonamides is 1. The molecule has 1 N–H and O–H groups in total. The second kappa shape index (κ2) is 7.24. The molecular formula is C14H20N2O4S. The van der Waals surface area contributed by atoms with E-state index in [1.165, 1.54) is 13.2 Å². The van der Waals surface area contributed by atoms with Gasteiger partial charge in [0.25, 0.3) is 0 Å². The maximum absolute atomic E-state index is 12.0. The van der Waals surface area contributed by atoms with Crippen LogP contribution in [0.3, 0.4) is 0 Å². The lowest BCUT2D eigenvalue weighted by Gasteiger charge is -2.18. The number of nitrogens with one attached hydrogen (secondary N) is 1. The van der Waals surface area contributed by atoms with Crippen molar-refractivity contribution in [1.29, 1.82) is 0 Å². The molecule has 0 aliphatic rings. The third kappa shape index (κ3) is 5.20. The molecule has 0 fully saturated rings. The van der Waals surface area contributed by atoms with Gasteiger partial charge in [-0.05, 0) is 24.6 Å². The van der Waals surface area contributed by atoms with Crippen LogP contribution in [0.1, 0.15) is 5.56 Å². The minimum atomic E-state index is -3.47. The Morgan fingerprint density at radius 1 is 1.48 bits per heavy atom. The SMILES string of the molecule is C=CCN(CC(=O)Nc1cc(C)ccc1OC)S(C)(=O)=O. The van der Waals surface area contributed by atoms with E-state index in [-0.39, 0.29) is 13.1 Å². The molecule has 0 aliphatic heterocycles. The molecule has 116 valence electrons. The van der Waals surface area contributed by atoms with Crippen molar-refractivity contribution in [3.63, 3.8) is 0 Å². The van der Waals surface area contributed by atoms with Gasteiger partial charge in [0.05, 0.1) is 25.6 Å². The van der Waals surface area contributed by atoms with Crippen LogP contribution in [0, 0.1) is 6.92 Å². The molecule has 0 spiro atoms. The van der Waals surface area contributed by atoms with Crippen LogP contribution in [0.5, 0.6) is 5.75 Å². The van der Waals surface area contributed by atoms with Gasteiger partial charge in [-0.25, -0.2) is 8.42 Å². The Bertz CT molecular complexity index is 626. The quantitative estimate of drug-likeness (QED) is 0.772. The largest absolute Gasteiger partial charge is 0.495 e. The fourth-order valence-electron chi connectivity index (χ4n) is 1.73. The first-order valence-corrected chi connectivity index (χ1v) is 8.13. The number of hydrogen-bond donors (Lipinski definition) is 1. The molecule has 1 rings (SSSR count). The number of aryl methyl sites for hydroxylation is 1. The molecule has 21 heavy (non-hydrogen) atoms. The molecule has 0 unspecified atom stereocenters. The van der Waals surface area contributed by atoms with Gasteiger partial charge in [0.1, 0.15) is 5.75 Å². The summed E-state index contributed by atoms with van der Waals surface area (Å²) in [4.78, 5) is 12.0. The van der Waals surface area contributed by atoms with E-state index < -0.39 is 15.9 Å². The molecule has 0 atom stereocenters. The molecule has 0 aliphatic carbocycles. The Morgan fingerprint density at radius 2 is 2.14 bits per heavy atom. The Balaban J connectivity index is 2.86. The van der Waals surface area contributed by atoms with Gasteiger partial charge in [0.2, 0.25) is 15.9 Å². The summed E-state index contributed by atoms with van der Waals surface area (Å²) in [5.74, 6) is 0.0785. The fraction of sp³-hybridized carbons (Fsp3) is 0.357. The molecule has 0 saturated carbocycles. The summed E-state index contributed by atoms with van der Waals surface area (Å²) >= 11 is 0. The van der Waals surface area contributed by atoms with Crippen molar-refractivity contribution in [2.45, 2.75) is 6.92 Å². The Hall–Kier alpha value is -1.86. The summed E-state index contributed by atoms with van der Waals surface area (Å²) < 4.78 is 29.3. The smallest absolute Gasteiger partial charge is 0.239 e. The maximum Gasteiger partial charge on any atom is 0.239 e. The average Bonchev–Trinajstić information content (AvgIpc) is 2.37. The topological polar surface area (TPSA) is 75.7 Å². The highest BCUT2D eigenvalue weighted by molar-refractivity contribution is 7.88. The summed E-state index contributed by atoms with van der Waals surface area (Å²) in [6.07, 6.45) is 2.48. The summed E-state index contributed by atoms with van der Waals surface area (Å²) in [7, 11) is -1.97. The van der Waals surface area contributed by atoms with Crippen molar-refractivity contribution >= 4 is 21.6 Å². The van der Waals surface area contributed by atoms with Crippen molar-refractivity contribution < 1.29 is 17.9 Å². The van der Waals surface area contributed by atoms with E-state index in [2.05, 4.69) is 11.9 Å². The van der Waals surface area contributed by atoms with Crippen molar-refractivity contribution in [3.8, 4) is 5.75 Å². The van der Waals surface area contributed by atoms with Gasteiger partial charge in [0.15, 0.2) is 0 Å². The number of hydrogen-bond acceptors (Lipinski definition) is 4. The van der Waals surface area contributed by atoms with E-state index in [1.54, 1.807) is 12.1 Å². The molecule has 0 radical (unpaired) electrons. The number of anilines is 1. The van der Waals surface area contributed by atoms with Gasteiger partial charge in [0, 0.05) is 6.54 Å². The zero-order valence-electron chi connectivity index (χ0n) is 12.4. The summed E-state index contributed by atoms with van der Waals surface area (Å²) in [5, 5.41) is 2.66. The summed E-state index contributed by atoms with van der Waals surface area (Å²) in [6, 6.07) is 5.35. The van der Waals surface area contributed by atoms with Gasteiger partial charge in [-0.15, -0.1) is 6.58 Å². The lowest BCUT2D eigenvalue weighted by atomic mass is 10.2. The van der Waals surface area contributed by atoms with Crippen molar-refractivity contribution in [3.05, 3.63) is 36.4 Å². The molecule has 0 saturated heterocycles. The number of carbonyl (C=O) groups excluding carboxylic acids is 1. The number of rotatable bonds is 7. The summed E-state index contributed by atoms with van der Waals surface area (Å²) in [5.41, 5.74) is 1.46. The van der Waals surface area contributed by atoms with Crippen LogP contribution in [-0.2, 0) is 14.8 Å². The molecule has 6 nitrogen and oxygen atoms in total. The van der Waals surface area contributed by atoms with Crippen LogP contribution >= 0.6 is 0 Å². The third-order valence-corrected chi connectivity index (χ3v) is 3.97. The number of ether oxygens (including phenoxy) is 1. The van der Waals surface area contributed by atoms with Crippen molar-refractivity contribution in [2.75, 3.05) is 31.8 Å². The highest BCUT2D eigenvalue weighted by atomic mass is 32.2. The average molecular weight is 312 g/mol. The predicted molar refractivity (Wildman–Crippen MR) is 83.0 cm³/mol. The molecule has 1 amide bonds. The third-order valence-electron chi connectivity index (χ3n) is 2.75. The van der Waals surface area contributed by atoms with Gasteiger partial charge in [-0.2, -0.15) is 4.31 Å². The highest BCUT2D eigenvalue weighted by Crippen LogP contribution is 2.25. The maximum atomic E-state index is 12.0. The van der Waals surface area contributed by atoms with E-state index in [0.29, 0.717) is 11.4 Å². The number of nitrogens with zero attached hydrogens (tertiary/aromatic N) is 1. The number of methoxy groups -OCH3 is 1. The first kappa shape index (κ1) is 17.2. The molecule has 1 aromatic rings. The van der Waals surface area contributed by atoms with Gasteiger partial charge >= 0.3 is 0 Å². The van der Waals surface area contributed by atoms with Crippen molar-refractivity contribution in [2.24, 2.45) is 0 Å². The molecular weight excluding hydrogens is 292 g/mol. The van der Waals surface area contributed by atoms with E-state index >= 15 is 0 Å². The van der Waals surface area contributed by atoms with Crippen LogP contribution in [0.2, 0.25) is 0 Å². The standard InChI is InChI=1S/C14H20N2O4S/c1-5-8-16(21(4,18)19)10-14(17)15-12-9-11(2)6-7-13(12)20-3/h5-7,9H,1,8,10H2,2-4H3,(H,15,17). The number of benzene rings is 1. The van der Waals surface area contributed by atoms with Gasteiger partial charge in [-0.3, -0.25) is 4.79 Å². The minimum Gasteiger partial charge on any atom is -0.495 e. The second-order valence-corrected chi connectivity index (χ2v) is 6.58. The van der Waals surface area contributed by atoms with E-state index in [0.717, 1.165) is 16.1 Å². The first-order chi connectivity index (χ1) is 9.77. The van der Waals surface area contributed by atoms with Crippen LogP contribution < -0.4 is 10.1 Å². The van der Waals surface area contributed by atoms with Crippen LogP contribution in [0.15, 0.2) is 30.9 Å². The van der Waals surface area contributed by atoms with Crippen LogP contribution in [-0.4, -0.2) is 45.1 Å². The Labute approximate surface area is 125 Å². The molecule has 1 aromatic carbocycles. The monoisotopic (exact) mass is 312 g/mol. The van der Waals surface area contributed by atoms with Gasteiger partial charge < -0.3 is 10.1 Å². The Morgan fingerprint density at radius 3 is 2.67 bits per heavy atom. The number of amides is 1. The first-order valence-electron chi connectivity index (χ1n) is 6.28. The van der Waals surface area contributed by atoms with E-state index in [1.807, 2.05) is 13.0 Å². The van der Waals surface area contributed by atoms with Crippen LogP contribution in [0.4, 0.5) is 5.69 Å². The molecule has 0 heterocycles.